The standard InChI is InChI=1S/C14H18N2OS/c1-10(13-7-5-4-6-8-13)9-18-11(2)14-16-15-12(3)17-14/h4-8,10-11H,9H2,1-3H3. The summed E-state index contributed by atoms with van der Waals surface area (Å²) >= 11 is 1.85. The van der Waals surface area contributed by atoms with E-state index in [0.717, 1.165) is 11.6 Å². The van der Waals surface area contributed by atoms with Crippen LogP contribution in [-0.4, -0.2) is 16.0 Å². The second-order valence-corrected chi connectivity index (χ2v) is 5.82. The molecule has 2 atom stereocenters. The third-order valence-electron chi connectivity index (χ3n) is 2.85. The van der Waals surface area contributed by atoms with Gasteiger partial charge in [-0.3, -0.25) is 0 Å². The number of hydrogen-bond acceptors (Lipinski definition) is 4. The highest BCUT2D eigenvalue weighted by Crippen LogP contribution is 2.31. The van der Waals surface area contributed by atoms with Gasteiger partial charge in [-0.25, -0.2) is 0 Å². The molecule has 1 heterocycles. The summed E-state index contributed by atoms with van der Waals surface area (Å²) in [6.45, 7) is 6.17. The fourth-order valence-corrected chi connectivity index (χ4v) is 2.72. The lowest BCUT2D eigenvalue weighted by molar-refractivity contribution is 0.470. The van der Waals surface area contributed by atoms with Gasteiger partial charge in [0, 0.05) is 12.7 Å². The number of benzene rings is 1. The van der Waals surface area contributed by atoms with Crippen molar-refractivity contribution in [2.75, 3.05) is 5.75 Å². The summed E-state index contributed by atoms with van der Waals surface area (Å²) in [4.78, 5) is 0. The van der Waals surface area contributed by atoms with Gasteiger partial charge < -0.3 is 4.42 Å². The quantitative estimate of drug-likeness (QED) is 0.817. The highest BCUT2D eigenvalue weighted by molar-refractivity contribution is 7.99. The van der Waals surface area contributed by atoms with Gasteiger partial charge in [-0.15, -0.1) is 22.0 Å². The number of nitrogens with zero attached hydrogens (tertiary/aromatic N) is 2. The number of hydrogen-bond donors (Lipinski definition) is 0. The Morgan fingerprint density at radius 3 is 2.50 bits per heavy atom. The Kier molecular flexibility index (Phi) is 4.42. The van der Waals surface area contributed by atoms with Gasteiger partial charge in [0.05, 0.1) is 5.25 Å². The van der Waals surface area contributed by atoms with Crippen LogP contribution in [0.15, 0.2) is 34.7 Å². The lowest BCUT2D eigenvalue weighted by Gasteiger charge is -2.13. The van der Waals surface area contributed by atoms with Crippen LogP contribution in [-0.2, 0) is 0 Å². The summed E-state index contributed by atoms with van der Waals surface area (Å²) in [5.74, 6) is 2.93. The largest absolute Gasteiger partial charge is 0.424 e. The average molecular weight is 262 g/mol. The molecule has 2 aromatic rings. The van der Waals surface area contributed by atoms with Crippen molar-refractivity contribution >= 4 is 11.8 Å². The van der Waals surface area contributed by atoms with E-state index in [9.17, 15) is 0 Å². The van der Waals surface area contributed by atoms with Crippen LogP contribution in [0.2, 0.25) is 0 Å². The second kappa shape index (κ2) is 6.05. The van der Waals surface area contributed by atoms with Crippen molar-refractivity contribution in [1.82, 2.24) is 10.2 Å². The molecule has 0 fully saturated rings. The summed E-state index contributed by atoms with van der Waals surface area (Å²) in [5, 5.41) is 8.17. The van der Waals surface area contributed by atoms with Crippen molar-refractivity contribution in [2.24, 2.45) is 0 Å². The molecule has 0 N–H and O–H groups in total. The Morgan fingerprint density at radius 2 is 1.89 bits per heavy atom. The topological polar surface area (TPSA) is 38.9 Å². The van der Waals surface area contributed by atoms with Crippen molar-refractivity contribution in [3.63, 3.8) is 0 Å². The van der Waals surface area contributed by atoms with Gasteiger partial charge in [-0.05, 0) is 18.4 Å². The SMILES string of the molecule is Cc1nnc(C(C)SCC(C)c2ccccc2)o1. The van der Waals surface area contributed by atoms with E-state index < -0.39 is 0 Å². The fourth-order valence-electron chi connectivity index (χ4n) is 1.71. The third-order valence-corrected chi connectivity index (χ3v) is 4.25. The van der Waals surface area contributed by atoms with Crippen molar-refractivity contribution in [3.8, 4) is 0 Å². The van der Waals surface area contributed by atoms with E-state index in [4.69, 9.17) is 4.42 Å². The molecule has 0 aliphatic rings. The maximum Gasteiger partial charge on any atom is 0.229 e. The van der Waals surface area contributed by atoms with Crippen LogP contribution >= 0.6 is 11.8 Å². The first kappa shape index (κ1) is 13.1. The molecule has 18 heavy (non-hydrogen) atoms. The molecular weight excluding hydrogens is 244 g/mol. The monoisotopic (exact) mass is 262 g/mol. The highest BCUT2D eigenvalue weighted by Gasteiger charge is 2.15. The minimum absolute atomic E-state index is 0.248. The maximum absolute atomic E-state index is 5.44. The summed E-state index contributed by atoms with van der Waals surface area (Å²) in [6, 6.07) is 10.6. The zero-order valence-electron chi connectivity index (χ0n) is 11.0. The molecule has 3 nitrogen and oxygen atoms in total. The van der Waals surface area contributed by atoms with Crippen LogP contribution in [0.1, 0.15) is 42.4 Å². The lowest BCUT2D eigenvalue weighted by atomic mass is 10.0. The van der Waals surface area contributed by atoms with Crippen molar-refractivity contribution in [3.05, 3.63) is 47.7 Å². The van der Waals surface area contributed by atoms with Crippen LogP contribution in [0.25, 0.3) is 0 Å². The molecule has 0 saturated carbocycles. The van der Waals surface area contributed by atoms with Gasteiger partial charge in [0.25, 0.3) is 0 Å². The first-order valence-electron chi connectivity index (χ1n) is 6.13. The number of rotatable bonds is 5. The normalized spacial score (nSPS) is 14.4. The van der Waals surface area contributed by atoms with Crippen LogP contribution < -0.4 is 0 Å². The molecule has 0 spiro atoms. The van der Waals surface area contributed by atoms with Crippen molar-refractivity contribution in [2.45, 2.75) is 31.9 Å². The zero-order chi connectivity index (χ0) is 13.0. The number of thioether (sulfide) groups is 1. The Bertz CT molecular complexity index is 484. The van der Waals surface area contributed by atoms with E-state index in [0.29, 0.717) is 11.8 Å². The Hall–Kier alpha value is -1.29. The molecule has 0 amide bonds. The number of aromatic nitrogens is 2. The van der Waals surface area contributed by atoms with Crippen LogP contribution in [0.3, 0.4) is 0 Å². The summed E-state index contributed by atoms with van der Waals surface area (Å²) in [5.41, 5.74) is 1.37. The van der Waals surface area contributed by atoms with Crippen LogP contribution in [0.5, 0.6) is 0 Å². The first-order valence-corrected chi connectivity index (χ1v) is 7.18. The molecule has 0 bridgehead atoms. The lowest BCUT2D eigenvalue weighted by Crippen LogP contribution is -1.99. The second-order valence-electron chi connectivity index (χ2n) is 4.45. The van der Waals surface area contributed by atoms with E-state index in [1.807, 2.05) is 24.8 Å². The molecule has 96 valence electrons. The molecule has 0 aliphatic carbocycles. The first-order chi connectivity index (χ1) is 8.66. The summed E-state index contributed by atoms with van der Waals surface area (Å²) in [6.07, 6.45) is 0. The Morgan fingerprint density at radius 1 is 1.17 bits per heavy atom. The fraction of sp³-hybridized carbons (Fsp3) is 0.429. The molecule has 2 unspecified atom stereocenters. The van der Waals surface area contributed by atoms with Crippen molar-refractivity contribution in [1.29, 1.82) is 0 Å². The average Bonchev–Trinajstić information content (AvgIpc) is 2.83. The Balaban J connectivity index is 1.88. The molecule has 0 saturated heterocycles. The maximum atomic E-state index is 5.44. The molecule has 1 aromatic carbocycles. The molecular formula is C14H18N2OS. The van der Waals surface area contributed by atoms with E-state index >= 15 is 0 Å². The molecule has 2 rings (SSSR count). The van der Waals surface area contributed by atoms with Gasteiger partial charge in [-0.2, -0.15) is 0 Å². The van der Waals surface area contributed by atoms with E-state index in [-0.39, 0.29) is 5.25 Å². The van der Waals surface area contributed by atoms with E-state index in [1.165, 1.54) is 5.56 Å². The minimum atomic E-state index is 0.248. The van der Waals surface area contributed by atoms with Crippen LogP contribution in [0, 0.1) is 6.92 Å². The van der Waals surface area contributed by atoms with Crippen LogP contribution in [0.4, 0.5) is 0 Å². The van der Waals surface area contributed by atoms with Gasteiger partial charge in [0.2, 0.25) is 11.8 Å². The molecule has 1 aromatic heterocycles. The molecule has 0 aliphatic heterocycles. The number of aryl methyl sites for hydroxylation is 1. The van der Waals surface area contributed by atoms with Gasteiger partial charge in [-0.1, -0.05) is 37.3 Å². The highest BCUT2D eigenvalue weighted by atomic mass is 32.2. The van der Waals surface area contributed by atoms with E-state index in [1.54, 1.807) is 0 Å². The van der Waals surface area contributed by atoms with Gasteiger partial charge in [0.1, 0.15) is 0 Å². The Labute approximate surface area is 112 Å². The van der Waals surface area contributed by atoms with E-state index in [2.05, 4.69) is 48.3 Å². The zero-order valence-corrected chi connectivity index (χ0v) is 11.8. The summed E-state index contributed by atoms with van der Waals surface area (Å²) < 4.78 is 5.44. The minimum Gasteiger partial charge on any atom is -0.424 e. The van der Waals surface area contributed by atoms with Gasteiger partial charge >= 0.3 is 0 Å². The molecule has 4 heteroatoms. The predicted molar refractivity (Wildman–Crippen MR) is 74.8 cm³/mol. The molecule has 0 radical (unpaired) electrons. The predicted octanol–water partition coefficient (Wildman–Crippen LogP) is 3.98. The van der Waals surface area contributed by atoms with Gasteiger partial charge in [0.15, 0.2) is 0 Å². The smallest absolute Gasteiger partial charge is 0.229 e. The van der Waals surface area contributed by atoms with Crippen molar-refractivity contribution < 1.29 is 4.42 Å². The third kappa shape index (κ3) is 3.35. The summed E-state index contributed by atoms with van der Waals surface area (Å²) in [7, 11) is 0.